The summed E-state index contributed by atoms with van der Waals surface area (Å²) < 4.78 is 13.0. The lowest BCUT2D eigenvalue weighted by molar-refractivity contribution is 0.156. The molecule has 0 N–H and O–H groups in total. The molecule has 2 aromatic rings. The summed E-state index contributed by atoms with van der Waals surface area (Å²) in [4.78, 5) is 15.7. The van der Waals surface area contributed by atoms with Crippen LogP contribution in [0.1, 0.15) is 0 Å². The van der Waals surface area contributed by atoms with Crippen LogP contribution in [0.25, 0.3) is 0 Å². The smallest absolute Gasteiger partial charge is 0.225 e. The minimum atomic E-state index is -0.176. The average molecular weight is 313 g/mol. The molecule has 0 unspecified atom stereocenters. The van der Waals surface area contributed by atoms with Crippen molar-refractivity contribution in [2.75, 3.05) is 49.1 Å². The van der Waals surface area contributed by atoms with E-state index in [0.717, 1.165) is 50.9 Å². The molecule has 2 fully saturated rings. The Morgan fingerprint density at radius 3 is 2.17 bits per heavy atom. The van der Waals surface area contributed by atoms with E-state index >= 15 is 0 Å². The molecule has 6 heteroatoms. The first-order chi connectivity index (χ1) is 11.3. The number of piperazine rings is 1. The molecule has 23 heavy (non-hydrogen) atoms. The highest BCUT2D eigenvalue weighted by Gasteiger charge is 2.34. The van der Waals surface area contributed by atoms with Gasteiger partial charge in [-0.15, -0.1) is 0 Å². The lowest BCUT2D eigenvalue weighted by Gasteiger charge is -2.48. The summed E-state index contributed by atoms with van der Waals surface area (Å²) in [6, 6.07) is 9.23. The second-order valence-corrected chi connectivity index (χ2v) is 6.11. The minimum absolute atomic E-state index is 0.176. The number of anilines is 2. The molecule has 0 saturated carbocycles. The maximum Gasteiger partial charge on any atom is 0.225 e. The predicted octanol–water partition coefficient (Wildman–Crippen LogP) is 1.63. The highest BCUT2D eigenvalue weighted by atomic mass is 19.1. The summed E-state index contributed by atoms with van der Waals surface area (Å²) in [6.45, 7) is 6.08. The van der Waals surface area contributed by atoms with Crippen LogP contribution in [-0.2, 0) is 0 Å². The summed E-state index contributed by atoms with van der Waals surface area (Å²) in [6.07, 6.45) is 3.58. The molecule has 5 nitrogen and oxygen atoms in total. The molecule has 2 aliphatic rings. The van der Waals surface area contributed by atoms with E-state index in [0.29, 0.717) is 6.04 Å². The van der Waals surface area contributed by atoms with Crippen molar-refractivity contribution >= 4 is 11.6 Å². The summed E-state index contributed by atoms with van der Waals surface area (Å²) in [7, 11) is 0. The van der Waals surface area contributed by atoms with Crippen molar-refractivity contribution in [3.63, 3.8) is 0 Å². The molecular formula is C17H20FN5. The van der Waals surface area contributed by atoms with Crippen LogP contribution in [0.5, 0.6) is 0 Å². The third-order valence-electron chi connectivity index (χ3n) is 4.72. The van der Waals surface area contributed by atoms with Gasteiger partial charge in [-0.2, -0.15) is 0 Å². The summed E-state index contributed by atoms with van der Waals surface area (Å²) in [5.74, 6) is 0.652. The number of halogens is 1. The fourth-order valence-corrected chi connectivity index (χ4v) is 3.30. The number of rotatable bonds is 3. The summed E-state index contributed by atoms with van der Waals surface area (Å²) in [5.41, 5.74) is 1.11. The first-order valence-electron chi connectivity index (χ1n) is 8.06. The van der Waals surface area contributed by atoms with E-state index in [-0.39, 0.29) is 5.82 Å². The first-order valence-corrected chi connectivity index (χ1v) is 8.06. The van der Waals surface area contributed by atoms with Crippen LogP contribution in [0.3, 0.4) is 0 Å². The van der Waals surface area contributed by atoms with Gasteiger partial charge in [-0.25, -0.2) is 14.4 Å². The van der Waals surface area contributed by atoms with Crippen molar-refractivity contribution in [3.05, 3.63) is 48.5 Å². The number of benzene rings is 1. The van der Waals surface area contributed by atoms with Crippen molar-refractivity contribution in [2.24, 2.45) is 0 Å². The fourth-order valence-electron chi connectivity index (χ4n) is 3.30. The Labute approximate surface area is 135 Å². The van der Waals surface area contributed by atoms with Crippen LogP contribution in [0.2, 0.25) is 0 Å². The van der Waals surface area contributed by atoms with Crippen LogP contribution < -0.4 is 9.80 Å². The second kappa shape index (κ2) is 6.12. The summed E-state index contributed by atoms with van der Waals surface area (Å²) >= 11 is 0. The van der Waals surface area contributed by atoms with E-state index in [2.05, 4.69) is 24.7 Å². The van der Waals surface area contributed by atoms with E-state index in [1.807, 2.05) is 18.2 Å². The number of aromatic nitrogens is 2. The molecule has 3 heterocycles. The third-order valence-corrected chi connectivity index (χ3v) is 4.72. The maximum atomic E-state index is 13.0. The van der Waals surface area contributed by atoms with E-state index in [1.165, 1.54) is 12.1 Å². The fraction of sp³-hybridized carbons (Fsp3) is 0.412. The lowest BCUT2D eigenvalue weighted by Crippen LogP contribution is -2.63. The molecule has 2 aliphatic heterocycles. The van der Waals surface area contributed by atoms with E-state index in [9.17, 15) is 4.39 Å². The van der Waals surface area contributed by atoms with Crippen molar-refractivity contribution in [2.45, 2.75) is 6.04 Å². The normalized spacial score (nSPS) is 19.7. The Balaban J connectivity index is 1.29. The Morgan fingerprint density at radius 1 is 0.870 bits per heavy atom. The van der Waals surface area contributed by atoms with Gasteiger partial charge in [0.15, 0.2) is 0 Å². The average Bonchev–Trinajstić information content (AvgIpc) is 2.56. The van der Waals surface area contributed by atoms with Gasteiger partial charge >= 0.3 is 0 Å². The van der Waals surface area contributed by atoms with Crippen LogP contribution >= 0.6 is 0 Å². The number of nitrogens with zero attached hydrogens (tertiary/aromatic N) is 5. The van der Waals surface area contributed by atoms with Crippen molar-refractivity contribution < 1.29 is 4.39 Å². The Bertz CT molecular complexity index is 634. The summed E-state index contributed by atoms with van der Waals surface area (Å²) in [5, 5.41) is 0. The molecule has 2 saturated heterocycles. The molecule has 1 aromatic carbocycles. The molecule has 0 amide bonds. The first kappa shape index (κ1) is 14.4. The largest absolute Gasteiger partial charge is 0.369 e. The molecule has 120 valence electrons. The zero-order valence-electron chi connectivity index (χ0n) is 13.0. The van der Waals surface area contributed by atoms with Gasteiger partial charge in [0.05, 0.1) is 0 Å². The van der Waals surface area contributed by atoms with Crippen molar-refractivity contribution in [1.82, 2.24) is 14.9 Å². The van der Waals surface area contributed by atoms with Gasteiger partial charge in [-0.3, -0.25) is 4.90 Å². The van der Waals surface area contributed by atoms with Crippen molar-refractivity contribution in [3.8, 4) is 0 Å². The standard InChI is InChI=1S/C17H20FN5/c18-14-2-4-15(5-3-14)21-8-10-22(11-9-21)16-12-23(13-16)17-19-6-1-7-20-17/h1-7,16H,8-13H2. The van der Waals surface area contributed by atoms with Gasteiger partial charge in [0.25, 0.3) is 0 Å². The van der Waals surface area contributed by atoms with Crippen molar-refractivity contribution in [1.29, 1.82) is 0 Å². The Morgan fingerprint density at radius 2 is 1.52 bits per heavy atom. The van der Waals surface area contributed by atoms with E-state index < -0.39 is 0 Å². The molecule has 0 radical (unpaired) electrons. The monoisotopic (exact) mass is 313 g/mol. The highest BCUT2D eigenvalue weighted by molar-refractivity contribution is 5.46. The molecule has 0 aliphatic carbocycles. The minimum Gasteiger partial charge on any atom is -0.369 e. The van der Waals surface area contributed by atoms with Gasteiger partial charge < -0.3 is 9.80 Å². The van der Waals surface area contributed by atoms with Gasteiger partial charge in [0.2, 0.25) is 5.95 Å². The predicted molar refractivity (Wildman–Crippen MR) is 88.2 cm³/mol. The molecule has 1 aromatic heterocycles. The second-order valence-electron chi connectivity index (χ2n) is 6.11. The molecule has 0 bridgehead atoms. The number of hydrogen-bond donors (Lipinski definition) is 0. The zero-order valence-corrected chi connectivity index (χ0v) is 13.0. The third kappa shape index (κ3) is 2.99. The topological polar surface area (TPSA) is 35.5 Å². The van der Waals surface area contributed by atoms with E-state index in [4.69, 9.17) is 0 Å². The quantitative estimate of drug-likeness (QED) is 0.860. The van der Waals surface area contributed by atoms with Gasteiger partial charge in [-0.1, -0.05) is 0 Å². The van der Waals surface area contributed by atoms with Gasteiger partial charge in [0, 0.05) is 63.4 Å². The van der Waals surface area contributed by atoms with Gasteiger partial charge in [-0.05, 0) is 30.3 Å². The lowest BCUT2D eigenvalue weighted by atomic mass is 10.1. The van der Waals surface area contributed by atoms with Crippen LogP contribution in [0, 0.1) is 5.82 Å². The Hall–Kier alpha value is -2.21. The molecule has 0 spiro atoms. The molecular weight excluding hydrogens is 293 g/mol. The van der Waals surface area contributed by atoms with Gasteiger partial charge in [0.1, 0.15) is 5.82 Å². The van der Waals surface area contributed by atoms with Crippen LogP contribution in [0.15, 0.2) is 42.7 Å². The molecule has 4 rings (SSSR count). The van der Waals surface area contributed by atoms with Crippen LogP contribution in [0.4, 0.5) is 16.0 Å². The maximum absolute atomic E-state index is 13.0. The SMILES string of the molecule is Fc1ccc(N2CCN(C3CN(c4ncccn4)C3)CC2)cc1. The van der Waals surface area contributed by atoms with Crippen LogP contribution in [-0.4, -0.2) is 60.2 Å². The molecule has 0 atom stereocenters. The Kier molecular flexibility index (Phi) is 3.83. The van der Waals surface area contributed by atoms with E-state index in [1.54, 1.807) is 12.4 Å². The number of hydrogen-bond acceptors (Lipinski definition) is 5. The zero-order chi connectivity index (χ0) is 15.6. The highest BCUT2D eigenvalue weighted by Crippen LogP contribution is 2.23.